The van der Waals surface area contributed by atoms with Crippen LogP contribution in [-0.2, 0) is 6.54 Å². The van der Waals surface area contributed by atoms with Gasteiger partial charge in [0.25, 0.3) is 0 Å². The van der Waals surface area contributed by atoms with Crippen LogP contribution in [0.5, 0.6) is 5.75 Å². The average Bonchev–Trinajstić information content (AvgIpc) is 2.34. The molecular weight excluding hydrogens is 250 g/mol. The molecule has 19 heavy (non-hydrogen) atoms. The molecule has 104 valence electrons. The SMILES string of the molecule is CC(C)NCc1cc(F)c(OCCCC#N)c(F)c1. The number of halogens is 2. The Hall–Kier alpha value is -1.67. The second kappa shape index (κ2) is 7.70. The summed E-state index contributed by atoms with van der Waals surface area (Å²) in [5.41, 5.74) is 0.535. The quantitative estimate of drug-likeness (QED) is 0.773. The summed E-state index contributed by atoms with van der Waals surface area (Å²) < 4.78 is 32.4. The van der Waals surface area contributed by atoms with Gasteiger partial charge in [0.05, 0.1) is 12.7 Å². The first-order chi connectivity index (χ1) is 9.04. The highest BCUT2D eigenvalue weighted by Crippen LogP contribution is 2.23. The molecule has 5 heteroatoms. The first-order valence-electron chi connectivity index (χ1n) is 6.25. The van der Waals surface area contributed by atoms with E-state index in [2.05, 4.69) is 5.32 Å². The lowest BCUT2D eigenvalue weighted by Crippen LogP contribution is -2.22. The molecule has 0 bridgehead atoms. The van der Waals surface area contributed by atoms with Crippen molar-refractivity contribution in [2.75, 3.05) is 6.61 Å². The van der Waals surface area contributed by atoms with Crippen molar-refractivity contribution in [3.05, 3.63) is 29.3 Å². The van der Waals surface area contributed by atoms with E-state index < -0.39 is 11.6 Å². The van der Waals surface area contributed by atoms with E-state index in [9.17, 15) is 8.78 Å². The summed E-state index contributed by atoms with van der Waals surface area (Å²) in [6, 6.07) is 4.71. The number of unbranched alkanes of at least 4 members (excludes halogenated alkanes) is 1. The maximum Gasteiger partial charge on any atom is 0.190 e. The zero-order valence-electron chi connectivity index (χ0n) is 11.2. The molecular formula is C14H18F2N2O. The number of nitrogens with one attached hydrogen (secondary N) is 1. The van der Waals surface area contributed by atoms with Gasteiger partial charge in [-0.2, -0.15) is 5.26 Å². The number of nitrogens with zero attached hydrogens (tertiary/aromatic N) is 1. The van der Waals surface area contributed by atoms with Crippen molar-refractivity contribution in [1.29, 1.82) is 5.26 Å². The number of rotatable bonds is 7. The molecule has 0 saturated carbocycles. The van der Waals surface area contributed by atoms with Crippen LogP contribution >= 0.6 is 0 Å². The third-order valence-corrected chi connectivity index (χ3v) is 2.45. The van der Waals surface area contributed by atoms with Crippen LogP contribution in [0.3, 0.4) is 0 Å². The van der Waals surface area contributed by atoms with Crippen molar-refractivity contribution in [3.63, 3.8) is 0 Å². The molecule has 1 N–H and O–H groups in total. The molecule has 0 aliphatic rings. The fourth-order valence-electron chi connectivity index (χ4n) is 1.50. The minimum absolute atomic E-state index is 0.130. The van der Waals surface area contributed by atoms with E-state index in [1.165, 1.54) is 12.1 Å². The van der Waals surface area contributed by atoms with Gasteiger partial charge in [0.2, 0.25) is 0 Å². The van der Waals surface area contributed by atoms with Crippen molar-refractivity contribution < 1.29 is 13.5 Å². The zero-order chi connectivity index (χ0) is 14.3. The van der Waals surface area contributed by atoms with Crippen LogP contribution in [-0.4, -0.2) is 12.6 Å². The Bertz CT molecular complexity index is 432. The Kier molecular flexibility index (Phi) is 6.23. The molecule has 1 aromatic rings. The van der Waals surface area contributed by atoms with E-state index in [1.54, 1.807) is 0 Å². The Morgan fingerprint density at radius 3 is 2.47 bits per heavy atom. The molecule has 1 rings (SSSR count). The van der Waals surface area contributed by atoms with Gasteiger partial charge in [0.1, 0.15) is 0 Å². The minimum atomic E-state index is -0.711. The molecule has 0 aliphatic carbocycles. The van der Waals surface area contributed by atoms with Crippen LogP contribution in [0.15, 0.2) is 12.1 Å². The van der Waals surface area contributed by atoms with Gasteiger partial charge in [-0.25, -0.2) is 8.78 Å². The predicted octanol–water partition coefficient (Wildman–Crippen LogP) is 3.15. The predicted molar refractivity (Wildman–Crippen MR) is 68.7 cm³/mol. The van der Waals surface area contributed by atoms with Gasteiger partial charge in [-0.1, -0.05) is 13.8 Å². The van der Waals surface area contributed by atoms with E-state index in [0.29, 0.717) is 24.9 Å². The van der Waals surface area contributed by atoms with Crippen LogP contribution < -0.4 is 10.1 Å². The van der Waals surface area contributed by atoms with E-state index in [1.807, 2.05) is 19.9 Å². The second-order valence-corrected chi connectivity index (χ2v) is 4.53. The molecule has 0 radical (unpaired) electrons. The highest BCUT2D eigenvalue weighted by atomic mass is 19.1. The van der Waals surface area contributed by atoms with Crippen LogP contribution in [0.1, 0.15) is 32.3 Å². The Morgan fingerprint density at radius 1 is 1.32 bits per heavy atom. The zero-order valence-corrected chi connectivity index (χ0v) is 11.2. The summed E-state index contributed by atoms with van der Waals surface area (Å²) in [6.45, 7) is 4.45. The van der Waals surface area contributed by atoms with Gasteiger partial charge in [-0.3, -0.25) is 0 Å². The van der Waals surface area contributed by atoms with Crippen LogP contribution in [0.4, 0.5) is 8.78 Å². The van der Waals surface area contributed by atoms with Gasteiger partial charge in [-0.05, 0) is 24.1 Å². The standard InChI is InChI=1S/C14H18F2N2O/c1-10(2)18-9-11-7-12(15)14(13(16)8-11)19-6-4-3-5-17/h7-8,10,18H,3-4,6,9H2,1-2H3. The molecule has 0 aromatic heterocycles. The topological polar surface area (TPSA) is 45.0 Å². The third-order valence-electron chi connectivity index (χ3n) is 2.45. The number of hydrogen-bond donors (Lipinski definition) is 1. The molecule has 0 aliphatic heterocycles. The Labute approximate surface area is 112 Å². The van der Waals surface area contributed by atoms with Crippen molar-refractivity contribution in [2.45, 2.75) is 39.3 Å². The molecule has 0 unspecified atom stereocenters. The van der Waals surface area contributed by atoms with Crippen molar-refractivity contribution >= 4 is 0 Å². The van der Waals surface area contributed by atoms with Gasteiger partial charge < -0.3 is 10.1 Å². The normalized spacial score (nSPS) is 10.5. The second-order valence-electron chi connectivity index (χ2n) is 4.53. The fraction of sp³-hybridized carbons (Fsp3) is 0.500. The van der Waals surface area contributed by atoms with Crippen LogP contribution in [0.25, 0.3) is 0 Å². The average molecular weight is 268 g/mol. The monoisotopic (exact) mass is 268 g/mol. The summed E-state index contributed by atoms with van der Waals surface area (Å²) in [7, 11) is 0. The van der Waals surface area contributed by atoms with Crippen molar-refractivity contribution in [3.8, 4) is 11.8 Å². The van der Waals surface area contributed by atoms with Gasteiger partial charge in [-0.15, -0.1) is 0 Å². The van der Waals surface area contributed by atoms with Crippen LogP contribution in [0, 0.1) is 23.0 Å². The summed E-state index contributed by atoms with van der Waals surface area (Å²) in [4.78, 5) is 0. The minimum Gasteiger partial charge on any atom is -0.488 e. The molecule has 0 amide bonds. The van der Waals surface area contributed by atoms with Gasteiger partial charge in [0.15, 0.2) is 17.4 Å². The molecule has 1 aromatic carbocycles. The molecule has 0 atom stereocenters. The highest BCUT2D eigenvalue weighted by molar-refractivity contribution is 5.31. The molecule has 0 spiro atoms. The maximum absolute atomic E-state index is 13.7. The van der Waals surface area contributed by atoms with Crippen molar-refractivity contribution in [1.82, 2.24) is 5.32 Å². The lowest BCUT2D eigenvalue weighted by molar-refractivity contribution is 0.281. The van der Waals surface area contributed by atoms with E-state index in [4.69, 9.17) is 10.00 Å². The maximum atomic E-state index is 13.7. The molecule has 0 saturated heterocycles. The summed E-state index contributed by atoms with van der Waals surface area (Å²) in [5, 5.41) is 11.4. The lowest BCUT2D eigenvalue weighted by Gasteiger charge is -2.11. The number of nitriles is 1. The molecule has 0 fully saturated rings. The summed E-state index contributed by atoms with van der Waals surface area (Å²) in [6.07, 6.45) is 0.756. The first kappa shape index (κ1) is 15.4. The lowest BCUT2D eigenvalue weighted by atomic mass is 10.2. The van der Waals surface area contributed by atoms with E-state index in [0.717, 1.165) is 0 Å². The van der Waals surface area contributed by atoms with Crippen LogP contribution in [0.2, 0.25) is 0 Å². The largest absolute Gasteiger partial charge is 0.488 e. The fourth-order valence-corrected chi connectivity index (χ4v) is 1.50. The summed E-state index contributed by atoms with van der Waals surface area (Å²) >= 11 is 0. The van der Waals surface area contributed by atoms with Gasteiger partial charge in [0, 0.05) is 19.0 Å². The summed E-state index contributed by atoms with van der Waals surface area (Å²) in [5.74, 6) is -1.79. The number of hydrogen-bond acceptors (Lipinski definition) is 3. The van der Waals surface area contributed by atoms with E-state index >= 15 is 0 Å². The van der Waals surface area contributed by atoms with E-state index in [-0.39, 0.29) is 18.4 Å². The van der Waals surface area contributed by atoms with Crippen molar-refractivity contribution in [2.24, 2.45) is 0 Å². The Balaban J connectivity index is 2.66. The third kappa shape index (κ3) is 5.23. The molecule has 3 nitrogen and oxygen atoms in total. The first-order valence-corrected chi connectivity index (χ1v) is 6.25. The number of ether oxygens (including phenoxy) is 1. The number of benzene rings is 1. The molecule has 0 heterocycles. The highest BCUT2D eigenvalue weighted by Gasteiger charge is 2.12. The van der Waals surface area contributed by atoms with Gasteiger partial charge >= 0.3 is 0 Å². The smallest absolute Gasteiger partial charge is 0.190 e. The Morgan fingerprint density at radius 2 is 1.95 bits per heavy atom.